The minimum atomic E-state index is 0.142. The highest BCUT2D eigenvalue weighted by molar-refractivity contribution is 9.10. The van der Waals surface area contributed by atoms with Crippen molar-refractivity contribution in [2.45, 2.75) is 25.3 Å². The van der Waals surface area contributed by atoms with Gasteiger partial charge in [-0.1, -0.05) is 12.1 Å². The van der Waals surface area contributed by atoms with Gasteiger partial charge in [-0.3, -0.25) is 0 Å². The topological polar surface area (TPSA) is 29.9 Å². The van der Waals surface area contributed by atoms with Gasteiger partial charge in [-0.2, -0.15) is 5.10 Å². The highest BCUT2D eigenvalue weighted by Crippen LogP contribution is 2.30. The number of nitrogens with one attached hydrogen (secondary N) is 1. The molecule has 3 rings (SSSR count). The summed E-state index contributed by atoms with van der Waals surface area (Å²) >= 11 is 3.41. The van der Waals surface area contributed by atoms with Gasteiger partial charge in [0.05, 0.1) is 16.4 Å². The van der Waals surface area contributed by atoms with Crippen LogP contribution in [0.1, 0.15) is 25.3 Å². The first-order valence-corrected chi connectivity index (χ1v) is 7.03. The monoisotopic (exact) mass is 305 g/mol. The molecule has 2 heterocycles. The van der Waals surface area contributed by atoms with Crippen molar-refractivity contribution in [3.05, 3.63) is 46.7 Å². The molecular formula is C14H16BrN3. The van der Waals surface area contributed by atoms with E-state index in [-0.39, 0.29) is 5.54 Å². The van der Waals surface area contributed by atoms with Crippen LogP contribution in [-0.2, 0) is 5.54 Å². The number of nitrogens with zero attached hydrogens (tertiary/aromatic N) is 2. The zero-order chi connectivity index (χ0) is 12.6. The van der Waals surface area contributed by atoms with Crippen LogP contribution in [0.2, 0.25) is 0 Å². The summed E-state index contributed by atoms with van der Waals surface area (Å²) in [5, 5.41) is 7.87. The molecule has 0 aliphatic carbocycles. The zero-order valence-corrected chi connectivity index (χ0v) is 11.9. The summed E-state index contributed by atoms with van der Waals surface area (Å²) in [7, 11) is 0. The summed E-state index contributed by atoms with van der Waals surface area (Å²) < 4.78 is 2.87. The van der Waals surface area contributed by atoms with Gasteiger partial charge in [0.25, 0.3) is 0 Å². The van der Waals surface area contributed by atoms with E-state index in [2.05, 4.69) is 57.5 Å². The highest BCUT2D eigenvalue weighted by Gasteiger charge is 2.29. The summed E-state index contributed by atoms with van der Waals surface area (Å²) in [6, 6.07) is 8.65. The summed E-state index contributed by atoms with van der Waals surface area (Å²) in [5.41, 5.74) is 2.59. The quantitative estimate of drug-likeness (QED) is 0.923. The van der Waals surface area contributed by atoms with Crippen LogP contribution >= 0.6 is 15.9 Å². The third kappa shape index (κ3) is 2.10. The van der Waals surface area contributed by atoms with Gasteiger partial charge >= 0.3 is 0 Å². The number of halogens is 1. The molecule has 1 N–H and O–H groups in total. The maximum absolute atomic E-state index is 4.28. The molecule has 3 nitrogen and oxygen atoms in total. The maximum Gasteiger partial charge on any atom is 0.0646 e. The molecule has 0 saturated carbocycles. The van der Waals surface area contributed by atoms with E-state index in [1.807, 2.05) is 10.9 Å². The lowest BCUT2D eigenvalue weighted by Crippen LogP contribution is -2.32. The Balaban J connectivity index is 1.89. The minimum absolute atomic E-state index is 0.142. The Morgan fingerprint density at radius 3 is 2.67 bits per heavy atom. The molecule has 0 radical (unpaired) electrons. The van der Waals surface area contributed by atoms with Crippen LogP contribution in [0.4, 0.5) is 0 Å². The number of rotatable bonds is 2. The first kappa shape index (κ1) is 11.9. The van der Waals surface area contributed by atoms with Crippen LogP contribution < -0.4 is 5.32 Å². The third-order valence-electron chi connectivity index (χ3n) is 3.69. The van der Waals surface area contributed by atoms with Gasteiger partial charge < -0.3 is 5.32 Å². The van der Waals surface area contributed by atoms with E-state index in [4.69, 9.17) is 0 Å². The Morgan fingerprint density at radius 2 is 2.11 bits per heavy atom. The van der Waals surface area contributed by atoms with Crippen molar-refractivity contribution in [1.82, 2.24) is 15.1 Å². The van der Waals surface area contributed by atoms with Gasteiger partial charge in [0.1, 0.15) is 0 Å². The maximum atomic E-state index is 4.28. The van der Waals surface area contributed by atoms with Crippen LogP contribution in [-0.4, -0.2) is 16.3 Å². The second kappa shape index (κ2) is 4.52. The van der Waals surface area contributed by atoms with Crippen LogP contribution in [0, 0.1) is 0 Å². The summed E-state index contributed by atoms with van der Waals surface area (Å²) in [6.45, 7) is 3.39. The first-order valence-electron chi connectivity index (χ1n) is 6.23. The fourth-order valence-electron chi connectivity index (χ4n) is 2.57. The first-order chi connectivity index (χ1) is 8.67. The summed E-state index contributed by atoms with van der Waals surface area (Å²) in [4.78, 5) is 0. The SMILES string of the molecule is CC1(c2ccc(-n3cc(Br)cn3)cc2)CCCN1. The van der Waals surface area contributed by atoms with E-state index >= 15 is 0 Å². The van der Waals surface area contributed by atoms with Crippen molar-refractivity contribution in [3.63, 3.8) is 0 Å². The molecule has 0 bridgehead atoms. The molecule has 0 spiro atoms. The molecule has 18 heavy (non-hydrogen) atoms. The predicted octanol–water partition coefficient (Wildman–Crippen LogP) is 3.23. The van der Waals surface area contributed by atoms with Crippen LogP contribution in [0.3, 0.4) is 0 Å². The predicted molar refractivity (Wildman–Crippen MR) is 75.9 cm³/mol. The molecule has 2 aromatic rings. The summed E-state index contributed by atoms with van der Waals surface area (Å²) in [6.07, 6.45) is 6.22. The number of benzene rings is 1. The second-order valence-electron chi connectivity index (χ2n) is 5.01. The number of hydrogen-bond donors (Lipinski definition) is 1. The minimum Gasteiger partial charge on any atom is -0.308 e. The molecule has 1 aromatic carbocycles. The molecule has 4 heteroatoms. The van der Waals surface area contributed by atoms with Crippen molar-refractivity contribution in [2.75, 3.05) is 6.54 Å². The van der Waals surface area contributed by atoms with Crippen LogP contribution in [0.15, 0.2) is 41.1 Å². The Bertz CT molecular complexity index is 538. The average molecular weight is 306 g/mol. The standard InChI is InChI=1S/C14H16BrN3/c1-14(7-2-8-16-14)11-3-5-13(6-4-11)18-10-12(15)9-17-18/h3-6,9-10,16H,2,7-8H2,1H3. The zero-order valence-electron chi connectivity index (χ0n) is 10.4. The molecule has 0 amide bonds. The van der Waals surface area contributed by atoms with E-state index < -0.39 is 0 Å². The Labute approximate surface area is 115 Å². The van der Waals surface area contributed by atoms with Gasteiger partial charge in [0.15, 0.2) is 0 Å². The van der Waals surface area contributed by atoms with E-state index in [0.29, 0.717) is 0 Å². The van der Waals surface area contributed by atoms with E-state index in [0.717, 1.165) is 16.7 Å². The highest BCUT2D eigenvalue weighted by atomic mass is 79.9. The normalized spacial score (nSPS) is 23.4. The van der Waals surface area contributed by atoms with Gasteiger partial charge in [-0.25, -0.2) is 4.68 Å². The van der Waals surface area contributed by atoms with Gasteiger partial charge in [0.2, 0.25) is 0 Å². The Morgan fingerprint density at radius 1 is 1.33 bits per heavy atom. The summed E-state index contributed by atoms with van der Waals surface area (Å²) in [5.74, 6) is 0. The number of aromatic nitrogens is 2. The van der Waals surface area contributed by atoms with Crippen molar-refractivity contribution < 1.29 is 0 Å². The molecule has 1 unspecified atom stereocenters. The van der Waals surface area contributed by atoms with Crippen LogP contribution in [0.5, 0.6) is 0 Å². The fourth-order valence-corrected chi connectivity index (χ4v) is 2.85. The Hall–Kier alpha value is -1.13. The molecule has 1 aliphatic heterocycles. The van der Waals surface area contributed by atoms with E-state index in [1.54, 1.807) is 6.20 Å². The molecule has 1 aliphatic rings. The van der Waals surface area contributed by atoms with E-state index in [1.165, 1.54) is 18.4 Å². The number of hydrogen-bond acceptors (Lipinski definition) is 2. The van der Waals surface area contributed by atoms with Crippen molar-refractivity contribution >= 4 is 15.9 Å². The molecule has 1 atom stereocenters. The lowest BCUT2D eigenvalue weighted by Gasteiger charge is -2.25. The fraction of sp³-hybridized carbons (Fsp3) is 0.357. The second-order valence-corrected chi connectivity index (χ2v) is 5.93. The van der Waals surface area contributed by atoms with Crippen molar-refractivity contribution in [1.29, 1.82) is 0 Å². The lowest BCUT2D eigenvalue weighted by atomic mass is 9.90. The van der Waals surface area contributed by atoms with Crippen molar-refractivity contribution in [2.24, 2.45) is 0 Å². The molecule has 1 aromatic heterocycles. The molecule has 94 valence electrons. The molecule has 1 saturated heterocycles. The third-order valence-corrected chi connectivity index (χ3v) is 4.10. The van der Waals surface area contributed by atoms with Gasteiger partial charge in [0, 0.05) is 11.7 Å². The average Bonchev–Trinajstić information content (AvgIpc) is 3.00. The van der Waals surface area contributed by atoms with Crippen molar-refractivity contribution in [3.8, 4) is 5.69 Å². The van der Waals surface area contributed by atoms with Crippen LogP contribution in [0.25, 0.3) is 5.69 Å². The Kier molecular flexibility index (Phi) is 2.99. The van der Waals surface area contributed by atoms with Gasteiger partial charge in [-0.15, -0.1) is 0 Å². The largest absolute Gasteiger partial charge is 0.308 e. The van der Waals surface area contributed by atoms with E-state index in [9.17, 15) is 0 Å². The smallest absolute Gasteiger partial charge is 0.0646 e. The molecule has 1 fully saturated rings. The molecular weight excluding hydrogens is 290 g/mol. The van der Waals surface area contributed by atoms with Gasteiger partial charge in [-0.05, 0) is 59.9 Å². The lowest BCUT2D eigenvalue weighted by molar-refractivity contribution is 0.434.